The quantitative estimate of drug-likeness (QED) is 0.527. The first-order valence-corrected chi connectivity index (χ1v) is 10.4. The molecule has 0 radical (unpaired) electrons. The minimum Gasteiger partial charge on any atom is -0.406 e. The van der Waals surface area contributed by atoms with E-state index in [2.05, 4.69) is 14.8 Å². The van der Waals surface area contributed by atoms with E-state index in [1.54, 1.807) is 6.07 Å². The maximum absolute atomic E-state index is 12.2. The van der Waals surface area contributed by atoms with Crippen LogP contribution >= 0.6 is 11.6 Å². The van der Waals surface area contributed by atoms with Crippen LogP contribution in [0.1, 0.15) is 18.1 Å². The van der Waals surface area contributed by atoms with Crippen molar-refractivity contribution in [1.29, 1.82) is 0 Å². The van der Waals surface area contributed by atoms with Crippen molar-refractivity contribution < 1.29 is 36.2 Å². The highest BCUT2D eigenvalue weighted by Crippen LogP contribution is 2.24. The van der Waals surface area contributed by atoms with Crippen LogP contribution in [0.2, 0.25) is 5.02 Å². The Bertz CT molecular complexity index is 969. The van der Waals surface area contributed by atoms with E-state index in [4.69, 9.17) is 11.6 Å². The third-order valence-electron chi connectivity index (χ3n) is 3.76. The predicted octanol–water partition coefficient (Wildman–Crippen LogP) is 2.76. The molecule has 2 aromatic carbocycles. The van der Waals surface area contributed by atoms with Crippen molar-refractivity contribution in [1.82, 2.24) is 10.0 Å². The molecule has 164 valence electrons. The first-order valence-electron chi connectivity index (χ1n) is 8.52. The van der Waals surface area contributed by atoms with Gasteiger partial charge in [0.1, 0.15) is 10.6 Å². The Morgan fingerprint density at radius 3 is 2.37 bits per heavy atom. The van der Waals surface area contributed by atoms with Crippen molar-refractivity contribution in [2.24, 2.45) is 0 Å². The minimum absolute atomic E-state index is 0.0456. The lowest BCUT2D eigenvalue weighted by Gasteiger charge is -2.14. The van der Waals surface area contributed by atoms with Crippen molar-refractivity contribution in [2.45, 2.75) is 23.8 Å². The summed E-state index contributed by atoms with van der Waals surface area (Å²) in [7, 11) is -3.88. The Balaban J connectivity index is 1.78. The Kier molecular flexibility index (Phi) is 8.07. The summed E-state index contributed by atoms with van der Waals surface area (Å²) in [5, 5.41) is 12.5. The fourth-order valence-corrected chi connectivity index (χ4v) is 3.90. The Morgan fingerprint density at radius 1 is 1.13 bits per heavy atom. The van der Waals surface area contributed by atoms with Gasteiger partial charge >= 0.3 is 6.36 Å². The number of carbonyl (C=O) groups is 1. The number of sulfonamides is 1. The SMILES string of the molecule is O=C(CCNS(=O)(=O)c1ccccc1Cl)NCC(O)c1ccc(OC(F)(F)F)cc1. The van der Waals surface area contributed by atoms with E-state index in [0.717, 1.165) is 12.1 Å². The molecule has 0 aliphatic heterocycles. The number of nitrogens with one attached hydrogen (secondary N) is 2. The molecule has 7 nitrogen and oxygen atoms in total. The van der Waals surface area contributed by atoms with Gasteiger partial charge in [-0.25, -0.2) is 13.1 Å². The topological polar surface area (TPSA) is 105 Å². The second-order valence-corrected chi connectivity index (χ2v) is 8.16. The van der Waals surface area contributed by atoms with Gasteiger partial charge in [0, 0.05) is 19.5 Å². The summed E-state index contributed by atoms with van der Waals surface area (Å²) in [5.41, 5.74) is 0.268. The Hall–Kier alpha value is -2.34. The monoisotopic (exact) mass is 466 g/mol. The van der Waals surface area contributed by atoms with Crippen LogP contribution in [0.4, 0.5) is 13.2 Å². The van der Waals surface area contributed by atoms with E-state index < -0.39 is 34.1 Å². The summed E-state index contributed by atoms with van der Waals surface area (Å²) in [6.45, 7) is -0.408. The zero-order chi connectivity index (χ0) is 22.4. The van der Waals surface area contributed by atoms with Gasteiger partial charge in [-0.05, 0) is 29.8 Å². The van der Waals surface area contributed by atoms with Crippen molar-refractivity contribution in [2.75, 3.05) is 13.1 Å². The maximum Gasteiger partial charge on any atom is 0.573 e. The van der Waals surface area contributed by atoms with E-state index in [9.17, 15) is 31.5 Å². The molecule has 1 atom stereocenters. The van der Waals surface area contributed by atoms with Crippen molar-refractivity contribution in [3.63, 3.8) is 0 Å². The highest BCUT2D eigenvalue weighted by atomic mass is 35.5. The molecular formula is C18H18ClF3N2O5S. The summed E-state index contributed by atoms with van der Waals surface area (Å²) in [5.74, 6) is -0.971. The van der Waals surface area contributed by atoms with E-state index in [0.29, 0.717) is 0 Å². The number of aliphatic hydroxyl groups excluding tert-OH is 1. The van der Waals surface area contributed by atoms with Crippen LogP contribution in [-0.2, 0) is 14.8 Å². The molecule has 30 heavy (non-hydrogen) atoms. The number of ether oxygens (including phenoxy) is 1. The molecule has 0 saturated heterocycles. The van der Waals surface area contributed by atoms with Gasteiger partial charge in [-0.15, -0.1) is 13.2 Å². The molecule has 0 fully saturated rings. The average Bonchev–Trinajstić information content (AvgIpc) is 2.65. The van der Waals surface area contributed by atoms with Crippen LogP contribution < -0.4 is 14.8 Å². The van der Waals surface area contributed by atoms with Gasteiger partial charge in [-0.3, -0.25) is 4.79 Å². The lowest BCUT2D eigenvalue weighted by Crippen LogP contribution is -2.33. The highest BCUT2D eigenvalue weighted by molar-refractivity contribution is 7.89. The molecule has 12 heteroatoms. The predicted molar refractivity (Wildman–Crippen MR) is 102 cm³/mol. The molecule has 0 aromatic heterocycles. The zero-order valence-corrected chi connectivity index (χ0v) is 16.9. The molecule has 2 rings (SSSR count). The molecule has 0 heterocycles. The van der Waals surface area contributed by atoms with Crippen molar-refractivity contribution in [3.05, 3.63) is 59.1 Å². The number of rotatable bonds is 9. The summed E-state index contributed by atoms with van der Waals surface area (Å²) in [6, 6.07) is 10.4. The first kappa shape index (κ1) is 23.9. The minimum atomic E-state index is -4.82. The molecule has 3 N–H and O–H groups in total. The van der Waals surface area contributed by atoms with Gasteiger partial charge in [0.05, 0.1) is 11.1 Å². The maximum atomic E-state index is 12.2. The van der Waals surface area contributed by atoms with Crippen molar-refractivity contribution in [3.8, 4) is 5.75 Å². The second kappa shape index (κ2) is 10.1. The first-order chi connectivity index (χ1) is 14.0. The Labute approximate surface area is 175 Å². The molecule has 0 aliphatic carbocycles. The largest absolute Gasteiger partial charge is 0.573 e. The third-order valence-corrected chi connectivity index (χ3v) is 5.72. The molecule has 0 aliphatic rings. The fourth-order valence-electron chi connectivity index (χ4n) is 2.35. The van der Waals surface area contributed by atoms with Crippen molar-refractivity contribution >= 4 is 27.5 Å². The van der Waals surface area contributed by atoms with Gasteiger partial charge < -0.3 is 15.2 Å². The van der Waals surface area contributed by atoms with Gasteiger partial charge in [-0.1, -0.05) is 35.9 Å². The van der Waals surface area contributed by atoms with Crippen LogP contribution in [0.15, 0.2) is 53.4 Å². The molecule has 0 saturated carbocycles. The van der Waals surface area contributed by atoms with Gasteiger partial charge in [-0.2, -0.15) is 0 Å². The van der Waals surface area contributed by atoms with E-state index in [-0.39, 0.29) is 35.0 Å². The second-order valence-electron chi connectivity index (χ2n) is 6.01. The summed E-state index contributed by atoms with van der Waals surface area (Å²) in [4.78, 5) is 11.7. The van der Waals surface area contributed by atoms with Crippen LogP contribution in [0.5, 0.6) is 5.75 Å². The molecule has 1 amide bonds. The van der Waals surface area contributed by atoms with Crippen LogP contribution in [0, 0.1) is 0 Å². The highest BCUT2D eigenvalue weighted by Gasteiger charge is 2.31. The van der Waals surface area contributed by atoms with Crippen LogP contribution in [0.3, 0.4) is 0 Å². The van der Waals surface area contributed by atoms with E-state index in [1.807, 2.05) is 0 Å². The summed E-state index contributed by atoms with van der Waals surface area (Å²) in [6.07, 6.45) is -6.19. The van der Waals surface area contributed by atoms with Crippen LogP contribution in [0.25, 0.3) is 0 Å². The molecule has 0 bridgehead atoms. The molecule has 0 spiro atoms. The van der Waals surface area contributed by atoms with E-state index in [1.165, 1.54) is 30.3 Å². The summed E-state index contributed by atoms with van der Waals surface area (Å²) >= 11 is 5.84. The smallest absolute Gasteiger partial charge is 0.406 e. The number of aliphatic hydroxyl groups is 1. The number of hydrogen-bond donors (Lipinski definition) is 3. The average molecular weight is 467 g/mol. The normalized spacial score (nSPS) is 13.0. The third kappa shape index (κ3) is 7.48. The fraction of sp³-hybridized carbons (Fsp3) is 0.278. The molecular weight excluding hydrogens is 449 g/mol. The lowest BCUT2D eigenvalue weighted by molar-refractivity contribution is -0.274. The Morgan fingerprint density at radius 2 is 1.77 bits per heavy atom. The molecule has 2 aromatic rings. The van der Waals surface area contributed by atoms with Gasteiger partial charge in [0.25, 0.3) is 0 Å². The molecule has 1 unspecified atom stereocenters. The van der Waals surface area contributed by atoms with E-state index >= 15 is 0 Å². The number of benzene rings is 2. The number of hydrogen-bond acceptors (Lipinski definition) is 5. The number of halogens is 4. The summed E-state index contributed by atoms with van der Waals surface area (Å²) < 4.78 is 66.7. The number of amides is 1. The number of alkyl halides is 3. The zero-order valence-electron chi connectivity index (χ0n) is 15.3. The number of carbonyl (C=O) groups excluding carboxylic acids is 1. The lowest BCUT2D eigenvalue weighted by atomic mass is 10.1. The van der Waals surface area contributed by atoms with Gasteiger partial charge in [0.2, 0.25) is 15.9 Å². The standard InChI is InChI=1S/C18H18ClF3N2O5S/c19-14-3-1-2-4-16(14)30(27,28)24-10-9-17(26)23-11-15(25)12-5-7-13(8-6-12)29-18(20,21)22/h1-8,15,24-25H,9-11H2,(H,23,26). The van der Waals surface area contributed by atoms with Gasteiger partial charge in [0.15, 0.2) is 0 Å². The van der Waals surface area contributed by atoms with Crippen LogP contribution in [-0.4, -0.2) is 38.9 Å².